The predicted octanol–water partition coefficient (Wildman–Crippen LogP) is 4.18. The number of hydrogen-bond donors (Lipinski definition) is 1. The van der Waals surface area contributed by atoms with Crippen LogP contribution in [0.15, 0.2) is 23.3 Å². The Morgan fingerprint density at radius 3 is 2.35 bits per heavy atom. The summed E-state index contributed by atoms with van der Waals surface area (Å²) in [5.41, 5.74) is 1.23. The quantitative estimate of drug-likeness (QED) is 0.515. The number of aliphatic carboxylic acids is 1. The van der Waals surface area contributed by atoms with Crippen LogP contribution in [-0.4, -0.2) is 17.5 Å². The number of rotatable bonds is 8. The third-order valence-corrected chi connectivity index (χ3v) is 2.44. The van der Waals surface area contributed by atoms with E-state index < -0.39 is 12.4 Å². The zero-order valence-corrected chi connectivity index (χ0v) is 10.4. The minimum absolute atomic E-state index is 0.115. The van der Waals surface area contributed by atoms with Gasteiger partial charge in [-0.3, -0.25) is 4.79 Å². The lowest BCUT2D eigenvalue weighted by molar-refractivity contribution is -0.137. The van der Waals surface area contributed by atoms with Crippen LogP contribution in [0, 0.1) is 0 Å². The van der Waals surface area contributed by atoms with E-state index >= 15 is 0 Å². The summed E-state index contributed by atoms with van der Waals surface area (Å²) in [6, 6.07) is 0. The van der Waals surface area contributed by atoms with E-state index in [-0.39, 0.29) is 12.0 Å². The van der Waals surface area contributed by atoms with Gasteiger partial charge in [-0.05, 0) is 45.1 Å². The van der Waals surface area contributed by atoms with Gasteiger partial charge in [-0.25, -0.2) is 8.78 Å². The third kappa shape index (κ3) is 9.72. The highest BCUT2D eigenvalue weighted by atomic mass is 19.3. The molecule has 0 saturated carbocycles. The fraction of sp³-hybridized carbons (Fsp3) is 0.615. The van der Waals surface area contributed by atoms with Crippen LogP contribution in [0.25, 0.3) is 0 Å². The second-order valence-corrected chi connectivity index (χ2v) is 4.12. The smallest absolute Gasteiger partial charge is 0.303 e. The topological polar surface area (TPSA) is 37.3 Å². The van der Waals surface area contributed by atoms with E-state index in [0.29, 0.717) is 12.8 Å². The van der Waals surface area contributed by atoms with E-state index in [1.54, 1.807) is 6.08 Å². The molecule has 0 rings (SSSR count). The summed E-state index contributed by atoms with van der Waals surface area (Å²) in [6.07, 6.45) is 4.06. The van der Waals surface area contributed by atoms with Gasteiger partial charge in [-0.2, -0.15) is 0 Å². The van der Waals surface area contributed by atoms with Crippen molar-refractivity contribution in [3.05, 3.63) is 23.3 Å². The lowest BCUT2D eigenvalue weighted by atomic mass is 10.1. The normalized spacial score (nSPS) is 13.2. The monoisotopic (exact) mass is 246 g/mol. The van der Waals surface area contributed by atoms with Gasteiger partial charge in [0.05, 0.1) is 0 Å². The van der Waals surface area contributed by atoms with Gasteiger partial charge in [0.25, 0.3) is 6.43 Å². The Labute approximate surface area is 101 Å². The van der Waals surface area contributed by atoms with Gasteiger partial charge in [0.15, 0.2) is 0 Å². The van der Waals surface area contributed by atoms with Crippen molar-refractivity contribution in [1.29, 1.82) is 0 Å². The Hall–Kier alpha value is -1.19. The average Bonchev–Trinajstić information content (AvgIpc) is 2.23. The molecule has 0 fully saturated rings. The van der Waals surface area contributed by atoms with E-state index in [2.05, 4.69) is 0 Å². The lowest BCUT2D eigenvalue weighted by Crippen LogP contribution is -1.93. The average molecular weight is 246 g/mol. The van der Waals surface area contributed by atoms with Crippen molar-refractivity contribution in [2.24, 2.45) is 0 Å². The number of alkyl halides is 2. The predicted molar refractivity (Wildman–Crippen MR) is 64.2 cm³/mol. The van der Waals surface area contributed by atoms with Gasteiger partial charge in [-0.1, -0.05) is 17.7 Å². The Morgan fingerprint density at radius 1 is 1.18 bits per heavy atom. The van der Waals surface area contributed by atoms with Crippen LogP contribution in [-0.2, 0) is 4.79 Å². The van der Waals surface area contributed by atoms with E-state index in [4.69, 9.17) is 5.11 Å². The first kappa shape index (κ1) is 15.8. The first-order chi connectivity index (χ1) is 7.93. The van der Waals surface area contributed by atoms with Gasteiger partial charge in [0, 0.05) is 6.42 Å². The Balaban J connectivity index is 3.78. The molecule has 0 aromatic heterocycles. The molecule has 2 nitrogen and oxygen atoms in total. The number of carboxylic acids is 1. The van der Waals surface area contributed by atoms with E-state index in [1.165, 1.54) is 6.92 Å². The molecule has 0 amide bonds. The van der Waals surface area contributed by atoms with Crippen molar-refractivity contribution in [3.8, 4) is 0 Å². The number of allylic oxidation sites excluding steroid dienone is 4. The zero-order valence-electron chi connectivity index (χ0n) is 10.4. The number of hydrogen-bond acceptors (Lipinski definition) is 1. The van der Waals surface area contributed by atoms with Gasteiger partial charge in [0.1, 0.15) is 0 Å². The summed E-state index contributed by atoms with van der Waals surface area (Å²) in [7, 11) is 0. The summed E-state index contributed by atoms with van der Waals surface area (Å²) in [6.45, 7) is 3.36. The van der Waals surface area contributed by atoms with Crippen LogP contribution in [0.2, 0.25) is 0 Å². The molecule has 0 aromatic rings. The minimum Gasteiger partial charge on any atom is -0.481 e. The van der Waals surface area contributed by atoms with Crippen molar-refractivity contribution >= 4 is 5.97 Å². The Bertz CT molecular complexity index is 294. The number of halogens is 2. The molecular weight excluding hydrogens is 226 g/mol. The van der Waals surface area contributed by atoms with E-state index in [9.17, 15) is 13.6 Å². The molecule has 0 radical (unpaired) electrons. The highest BCUT2D eigenvalue weighted by molar-refractivity contribution is 5.66. The van der Waals surface area contributed by atoms with Crippen LogP contribution >= 0.6 is 0 Å². The van der Waals surface area contributed by atoms with Crippen molar-refractivity contribution in [2.75, 3.05) is 0 Å². The molecule has 4 heteroatoms. The van der Waals surface area contributed by atoms with Crippen LogP contribution < -0.4 is 0 Å². The first-order valence-corrected chi connectivity index (χ1v) is 5.75. The third-order valence-electron chi connectivity index (χ3n) is 2.44. The largest absolute Gasteiger partial charge is 0.481 e. The lowest BCUT2D eigenvalue weighted by Gasteiger charge is -2.01. The Kier molecular flexibility index (Phi) is 8.28. The highest BCUT2D eigenvalue weighted by Gasteiger charge is 2.03. The summed E-state index contributed by atoms with van der Waals surface area (Å²) in [5, 5.41) is 8.43. The Morgan fingerprint density at radius 2 is 1.82 bits per heavy atom. The molecule has 0 atom stereocenters. The number of carbonyl (C=O) groups is 1. The molecule has 0 aromatic carbocycles. The molecule has 98 valence electrons. The maximum absolute atomic E-state index is 12.1. The molecule has 0 bridgehead atoms. The summed E-state index contributed by atoms with van der Waals surface area (Å²) in [4.78, 5) is 10.3. The van der Waals surface area contributed by atoms with Gasteiger partial charge in [0.2, 0.25) is 0 Å². The van der Waals surface area contributed by atoms with Crippen molar-refractivity contribution < 1.29 is 18.7 Å². The van der Waals surface area contributed by atoms with E-state index in [1.807, 2.05) is 13.0 Å². The molecule has 0 aliphatic heterocycles. The molecule has 0 spiro atoms. The molecule has 17 heavy (non-hydrogen) atoms. The molecule has 0 heterocycles. The van der Waals surface area contributed by atoms with Gasteiger partial charge < -0.3 is 5.11 Å². The summed E-state index contributed by atoms with van der Waals surface area (Å²) in [5.74, 6) is -0.786. The highest BCUT2D eigenvalue weighted by Crippen LogP contribution is 2.12. The molecule has 1 N–H and O–H groups in total. The van der Waals surface area contributed by atoms with Crippen LogP contribution in [0.5, 0.6) is 0 Å². The second kappa shape index (κ2) is 8.90. The molecular formula is C13H20F2O2. The fourth-order valence-corrected chi connectivity index (χ4v) is 1.32. The van der Waals surface area contributed by atoms with Gasteiger partial charge in [-0.15, -0.1) is 0 Å². The minimum atomic E-state index is -2.37. The second-order valence-electron chi connectivity index (χ2n) is 4.12. The maximum Gasteiger partial charge on any atom is 0.303 e. The van der Waals surface area contributed by atoms with Crippen LogP contribution in [0.4, 0.5) is 8.78 Å². The van der Waals surface area contributed by atoms with Crippen LogP contribution in [0.3, 0.4) is 0 Å². The van der Waals surface area contributed by atoms with Gasteiger partial charge >= 0.3 is 5.97 Å². The molecule has 0 aliphatic rings. The summed E-state index contributed by atoms with van der Waals surface area (Å²) >= 11 is 0. The van der Waals surface area contributed by atoms with E-state index in [0.717, 1.165) is 18.4 Å². The van der Waals surface area contributed by atoms with Crippen molar-refractivity contribution in [2.45, 2.75) is 52.4 Å². The molecule has 0 unspecified atom stereocenters. The summed E-state index contributed by atoms with van der Waals surface area (Å²) < 4.78 is 24.3. The fourth-order valence-electron chi connectivity index (χ4n) is 1.32. The standard InChI is InChI=1S/C13H20F2O2/c1-10(6-3-4-9-12(16)17)7-5-8-11(2)13(14)15/h6,8,13H,3-5,7,9H2,1-2H3,(H,16,17)/b10-6+,11-8+. The van der Waals surface area contributed by atoms with Crippen molar-refractivity contribution in [1.82, 2.24) is 0 Å². The number of unbranched alkanes of at least 4 members (excludes halogenated alkanes) is 1. The SMILES string of the molecule is C/C(=C\CCCC(=O)O)CC/C=C(\C)C(F)F. The maximum atomic E-state index is 12.1. The zero-order chi connectivity index (χ0) is 13.3. The molecule has 0 saturated heterocycles. The molecule has 0 aliphatic carbocycles. The van der Waals surface area contributed by atoms with Crippen molar-refractivity contribution in [3.63, 3.8) is 0 Å². The number of carboxylic acid groups (broad SMARTS) is 1. The van der Waals surface area contributed by atoms with Crippen LogP contribution in [0.1, 0.15) is 46.0 Å². The first-order valence-electron chi connectivity index (χ1n) is 5.75.